The molecule has 5 heteroatoms. The van der Waals surface area contributed by atoms with Crippen LogP contribution in [0.2, 0.25) is 5.15 Å². The fraction of sp³-hybridized carbons (Fsp3) is 0.167. The third kappa shape index (κ3) is 3.35. The first-order valence-corrected chi connectivity index (χ1v) is 6.40. The maximum absolute atomic E-state index is 5.68. The van der Waals surface area contributed by atoms with Gasteiger partial charge in [-0.3, -0.25) is 0 Å². The molecule has 0 aliphatic carbocycles. The second kappa shape index (κ2) is 5.89. The van der Waals surface area contributed by atoms with Crippen LogP contribution < -0.4 is 4.74 Å². The molecular weight excluding hydrogens is 256 g/mol. The van der Waals surface area contributed by atoms with E-state index in [4.69, 9.17) is 16.3 Å². The van der Waals surface area contributed by atoms with Gasteiger partial charge in [0.05, 0.1) is 12.8 Å². The van der Waals surface area contributed by atoms with Crippen molar-refractivity contribution in [2.45, 2.75) is 10.6 Å². The molecule has 0 atom stereocenters. The SMILES string of the molecule is COc1ccccc1SCc1ccc(Cl)nn1. The van der Waals surface area contributed by atoms with E-state index in [1.54, 1.807) is 24.9 Å². The van der Waals surface area contributed by atoms with Crippen LogP contribution in [0.5, 0.6) is 5.75 Å². The summed E-state index contributed by atoms with van der Waals surface area (Å²) in [5.41, 5.74) is 0.894. The molecule has 88 valence electrons. The number of methoxy groups -OCH3 is 1. The molecule has 1 aromatic carbocycles. The van der Waals surface area contributed by atoms with Crippen LogP contribution in [-0.4, -0.2) is 17.3 Å². The number of nitrogens with zero attached hydrogens (tertiary/aromatic N) is 2. The monoisotopic (exact) mass is 266 g/mol. The van der Waals surface area contributed by atoms with E-state index in [2.05, 4.69) is 10.2 Å². The van der Waals surface area contributed by atoms with Crippen molar-refractivity contribution in [2.75, 3.05) is 7.11 Å². The number of aromatic nitrogens is 2. The van der Waals surface area contributed by atoms with Gasteiger partial charge in [-0.25, -0.2) is 0 Å². The summed E-state index contributed by atoms with van der Waals surface area (Å²) in [6, 6.07) is 11.5. The van der Waals surface area contributed by atoms with Crippen LogP contribution in [0, 0.1) is 0 Å². The first-order valence-electron chi connectivity index (χ1n) is 5.03. The molecule has 0 saturated carbocycles. The summed E-state index contributed by atoms with van der Waals surface area (Å²) in [6.45, 7) is 0. The number of hydrogen-bond acceptors (Lipinski definition) is 4. The van der Waals surface area contributed by atoms with Gasteiger partial charge in [-0.05, 0) is 24.3 Å². The Morgan fingerprint density at radius 3 is 2.71 bits per heavy atom. The molecule has 0 aliphatic rings. The van der Waals surface area contributed by atoms with E-state index in [-0.39, 0.29) is 0 Å². The molecule has 17 heavy (non-hydrogen) atoms. The van der Waals surface area contributed by atoms with Crippen LogP contribution in [0.25, 0.3) is 0 Å². The average molecular weight is 267 g/mol. The van der Waals surface area contributed by atoms with Gasteiger partial charge in [-0.2, -0.15) is 5.10 Å². The number of thioether (sulfide) groups is 1. The molecule has 0 fully saturated rings. The van der Waals surface area contributed by atoms with Crippen molar-refractivity contribution >= 4 is 23.4 Å². The van der Waals surface area contributed by atoms with Crippen molar-refractivity contribution in [1.82, 2.24) is 10.2 Å². The van der Waals surface area contributed by atoms with Crippen LogP contribution >= 0.6 is 23.4 Å². The van der Waals surface area contributed by atoms with Gasteiger partial charge in [0.15, 0.2) is 5.15 Å². The van der Waals surface area contributed by atoms with Gasteiger partial charge in [0, 0.05) is 10.6 Å². The molecule has 0 radical (unpaired) electrons. The number of halogens is 1. The molecule has 0 aliphatic heterocycles. The lowest BCUT2D eigenvalue weighted by atomic mass is 10.3. The van der Waals surface area contributed by atoms with Crippen LogP contribution in [0.15, 0.2) is 41.3 Å². The number of rotatable bonds is 4. The summed E-state index contributed by atoms with van der Waals surface area (Å²) in [5.74, 6) is 1.62. The van der Waals surface area contributed by atoms with Gasteiger partial charge in [0.1, 0.15) is 5.75 Å². The fourth-order valence-corrected chi connectivity index (χ4v) is 2.34. The molecule has 2 rings (SSSR count). The van der Waals surface area contributed by atoms with Gasteiger partial charge < -0.3 is 4.74 Å². The summed E-state index contributed by atoms with van der Waals surface area (Å²) in [7, 11) is 1.67. The number of hydrogen-bond donors (Lipinski definition) is 0. The van der Waals surface area contributed by atoms with Gasteiger partial charge in [0.25, 0.3) is 0 Å². The van der Waals surface area contributed by atoms with Crippen LogP contribution in [0.4, 0.5) is 0 Å². The van der Waals surface area contributed by atoms with Crippen LogP contribution in [-0.2, 0) is 5.75 Å². The summed E-state index contributed by atoms with van der Waals surface area (Å²) >= 11 is 7.34. The topological polar surface area (TPSA) is 35.0 Å². The highest BCUT2D eigenvalue weighted by molar-refractivity contribution is 7.98. The van der Waals surface area contributed by atoms with E-state index in [1.807, 2.05) is 30.3 Å². The molecule has 0 amide bonds. The third-order valence-electron chi connectivity index (χ3n) is 2.13. The van der Waals surface area contributed by atoms with E-state index >= 15 is 0 Å². The second-order valence-electron chi connectivity index (χ2n) is 3.29. The number of ether oxygens (including phenoxy) is 1. The van der Waals surface area contributed by atoms with Crippen molar-refractivity contribution in [3.8, 4) is 5.75 Å². The van der Waals surface area contributed by atoms with E-state index < -0.39 is 0 Å². The average Bonchev–Trinajstić information content (AvgIpc) is 2.38. The molecule has 3 nitrogen and oxygen atoms in total. The summed E-state index contributed by atoms with van der Waals surface area (Å²) in [5, 5.41) is 8.22. The van der Waals surface area contributed by atoms with Crippen molar-refractivity contribution < 1.29 is 4.74 Å². The zero-order chi connectivity index (χ0) is 12.1. The van der Waals surface area contributed by atoms with Crippen molar-refractivity contribution in [3.63, 3.8) is 0 Å². The van der Waals surface area contributed by atoms with E-state index in [0.29, 0.717) is 5.15 Å². The van der Waals surface area contributed by atoms with Crippen LogP contribution in [0.3, 0.4) is 0 Å². The maximum Gasteiger partial charge on any atom is 0.151 e. The Morgan fingerprint density at radius 2 is 2.00 bits per heavy atom. The molecule has 0 saturated heterocycles. The third-order valence-corrected chi connectivity index (χ3v) is 3.42. The number of benzene rings is 1. The van der Waals surface area contributed by atoms with Gasteiger partial charge in [0.2, 0.25) is 0 Å². The predicted octanol–water partition coefficient (Wildman–Crippen LogP) is 3.43. The molecule has 0 spiro atoms. The zero-order valence-corrected chi connectivity index (χ0v) is 10.8. The lowest BCUT2D eigenvalue weighted by molar-refractivity contribution is 0.405. The lowest BCUT2D eigenvalue weighted by Crippen LogP contribution is -1.91. The Morgan fingerprint density at radius 1 is 1.18 bits per heavy atom. The molecule has 1 aromatic heterocycles. The zero-order valence-electron chi connectivity index (χ0n) is 9.26. The quantitative estimate of drug-likeness (QED) is 0.794. The van der Waals surface area contributed by atoms with E-state index in [1.165, 1.54) is 0 Å². The van der Waals surface area contributed by atoms with Crippen LogP contribution in [0.1, 0.15) is 5.69 Å². The van der Waals surface area contributed by atoms with Gasteiger partial charge in [-0.1, -0.05) is 23.7 Å². The smallest absolute Gasteiger partial charge is 0.151 e. The molecule has 0 unspecified atom stereocenters. The summed E-state index contributed by atoms with van der Waals surface area (Å²) < 4.78 is 5.27. The first kappa shape index (κ1) is 12.2. The molecular formula is C12H11ClN2OS. The fourth-order valence-electron chi connectivity index (χ4n) is 1.31. The van der Waals surface area contributed by atoms with Crippen molar-refractivity contribution in [1.29, 1.82) is 0 Å². The summed E-state index contributed by atoms with van der Waals surface area (Å²) in [4.78, 5) is 1.09. The molecule has 0 N–H and O–H groups in total. The largest absolute Gasteiger partial charge is 0.496 e. The summed E-state index contributed by atoms with van der Waals surface area (Å²) in [6.07, 6.45) is 0. The van der Waals surface area contributed by atoms with Gasteiger partial charge >= 0.3 is 0 Å². The minimum atomic E-state index is 0.413. The maximum atomic E-state index is 5.68. The van der Waals surface area contributed by atoms with Crippen molar-refractivity contribution in [2.24, 2.45) is 0 Å². The first-order chi connectivity index (χ1) is 8.29. The standard InChI is InChI=1S/C12H11ClN2OS/c1-16-10-4-2-3-5-11(10)17-8-9-6-7-12(13)15-14-9/h2-7H,8H2,1H3. The van der Waals surface area contributed by atoms with Gasteiger partial charge in [-0.15, -0.1) is 16.9 Å². The molecule has 1 heterocycles. The second-order valence-corrected chi connectivity index (χ2v) is 4.69. The van der Waals surface area contributed by atoms with E-state index in [9.17, 15) is 0 Å². The molecule has 0 bridgehead atoms. The van der Waals surface area contributed by atoms with Crippen molar-refractivity contribution in [3.05, 3.63) is 47.2 Å². The Hall–Kier alpha value is -1.26. The predicted molar refractivity (Wildman–Crippen MR) is 69.6 cm³/mol. The molecule has 2 aromatic rings. The Balaban J connectivity index is 2.04. The minimum absolute atomic E-state index is 0.413. The highest BCUT2D eigenvalue weighted by atomic mass is 35.5. The Labute approximate surface area is 109 Å². The minimum Gasteiger partial charge on any atom is -0.496 e. The Bertz CT molecular complexity index is 490. The highest BCUT2D eigenvalue weighted by Crippen LogP contribution is 2.30. The number of para-hydroxylation sites is 1. The Kier molecular flexibility index (Phi) is 4.23. The lowest BCUT2D eigenvalue weighted by Gasteiger charge is -2.06. The highest BCUT2D eigenvalue weighted by Gasteiger charge is 2.03. The van der Waals surface area contributed by atoms with E-state index in [0.717, 1.165) is 22.1 Å². The normalized spacial score (nSPS) is 10.2.